The summed E-state index contributed by atoms with van der Waals surface area (Å²) in [7, 11) is 0. The first-order valence-corrected chi connectivity index (χ1v) is 3.67. The van der Waals surface area contributed by atoms with Gasteiger partial charge in [-0.2, -0.15) is 0 Å². The second-order valence-corrected chi connectivity index (χ2v) is 2.19. The molecule has 0 saturated carbocycles. The Hall–Kier alpha value is -1.09. The molecule has 0 aliphatic carbocycles. The normalized spacial score (nSPS) is 9.64. The zero-order chi connectivity index (χ0) is 8.10. The quantitative estimate of drug-likeness (QED) is 0.679. The van der Waals surface area contributed by atoms with E-state index < -0.39 is 0 Å². The largest absolute Gasteiger partial charge is 0.390 e. The minimum absolute atomic E-state index is 0.0107. The van der Waals surface area contributed by atoms with E-state index in [9.17, 15) is 0 Å². The van der Waals surface area contributed by atoms with Crippen molar-refractivity contribution in [3.05, 3.63) is 24.0 Å². The molecule has 0 aromatic carbocycles. The third-order valence-electron chi connectivity index (χ3n) is 1.41. The highest BCUT2D eigenvalue weighted by Crippen LogP contribution is 2.10. The van der Waals surface area contributed by atoms with Crippen molar-refractivity contribution in [2.24, 2.45) is 0 Å². The van der Waals surface area contributed by atoms with Crippen LogP contribution in [0.2, 0.25) is 0 Å². The van der Waals surface area contributed by atoms with E-state index in [1.54, 1.807) is 6.20 Å². The molecule has 60 valence electrons. The third-order valence-corrected chi connectivity index (χ3v) is 1.41. The lowest BCUT2D eigenvalue weighted by Gasteiger charge is -2.05. The molecule has 0 bridgehead atoms. The molecule has 0 atom stereocenters. The summed E-state index contributed by atoms with van der Waals surface area (Å²) >= 11 is 0. The zero-order valence-corrected chi connectivity index (χ0v) is 6.54. The number of pyridine rings is 1. The zero-order valence-electron chi connectivity index (χ0n) is 6.54. The number of hydrogen-bond donors (Lipinski definition) is 2. The first-order valence-electron chi connectivity index (χ1n) is 3.67. The number of rotatable bonds is 3. The maximum absolute atomic E-state index is 8.84. The fourth-order valence-corrected chi connectivity index (χ4v) is 0.915. The molecule has 0 saturated heterocycles. The highest BCUT2D eigenvalue weighted by Gasteiger charge is 1.97. The molecule has 1 rings (SSSR count). The van der Waals surface area contributed by atoms with Gasteiger partial charge >= 0.3 is 0 Å². The molecule has 0 spiro atoms. The first kappa shape index (κ1) is 8.01. The fourth-order valence-electron chi connectivity index (χ4n) is 0.915. The van der Waals surface area contributed by atoms with Crippen LogP contribution in [-0.2, 0) is 6.61 Å². The Morgan fingerprint density at radius 1 is 1.64 bits per heavy atom. The van der Waals surface area contributed by atoms with Gasteiger partial charge in [0.05, 0.1) is 18.0 Å². The van der Waals surface area contributed by atoms with Gasteiger partial charge in [-0.3, -0.25) is 4.98 Å². The number of nitrogens with one attached hydrogen (secondary N) is 1. The molecule has 0 aliphatic rings. The fraction of sp³-hybridized carbons (Fsp3) is 0.375. The summed E-state index contributed by atoms with van der Waals surface area (Å²) in [5.41, 5.74) is 1.62. The van der Waals surface area contributed by atoms with E-state index in [4.69, 9.17) is 5.11 Å². The SMILES string of the molecule is CCNc1cccnc1CO. The summed E-state index contributed by atoms with van der Waals surface area (Å²) in [6.45, 7) is 2.84. The molecular weight excluding hydrogens is 140 g/mol. The van der Waals surface area contributed by atoms with Crippen molar-refractivity contribution in [3.8, 4) is 0 Å². The predicted molar refractivity (Wildman–Crippen MR) is 44.3 cm³/mol. The minimum atomic E-state index is -0.0107. The minimum Gasteiger partial charge on any atom is -0.390 e. The van der Waals surface area contributed by atoms with Gasteiger partial charge in [0.25, 0.3) is 0 Å². The molecule has 0 unspecified atom stereocenters. The van der Waals surface area contributed by atoms with Gasteiger partial charge < -0.3 is 10.4 Å². The Balaban J connectivity index is 2.83. The lowest BCUT2D eigenvalue weighted by atomic mass is 10.3. The smallest absolute Gasteiger partial charge is 0.0888 e. The van der Waals surface area contributed by atoms with Crippen molar-refractivity contribution in [1.82, 2.24) is 4.98 Å². The number of aliphatic hydroxyl groups is 1. The predicted octanol–water partition coefficient (Wildman–Crippen LogP) is 1.01. The van der Waals surface area contributed by atoms with Crippen LogP contribution >= 0.6 is 0 Å². The van der Waals surface area contributed by atoms with Gasteiger partial charge in [0.2, 0.25) is 0 Å². The van der Waals surface area contributed by atoms with Crippen LogP contribution in [0.15, 0.2) is 18.3 Å². The second-order valence-electron chi connectivity index (χ2n) is 2.19. The maximum Gasteiger partial charge on any atom is 0.0888 e. The summed E-state index contributed by atoms with van der Waals surface area (Å²) in [5, 5.41) is 11.9. The van der Waals surface area contributed by atoms with Crippen LogP contribution < -0.4 is 5.32 Å². The molecule has 11 heavy (non-hydrogen) atoms. The first-order chi connectivity index (χ1) is 5.38. The van der Waals surface area contributed by atoms with Crippen molar-refractivity contribution >= 4 is 5.69 Å². The molecule has 0 aliphatic heterocycles. The second kappa shape index (κ2) is 3.93. The van der Waals surface area contributed by atoms with Crippen molar-refractivity contribution in [1.29, 1.82) is 0 Å². The molecule has 3 nitrogen and oxygen atoms in total. The average Bonchev–Trinajstić information content (AvgIpc) is 2.06. The van der Waals surface area contributed by atoms with E-state index in [2.05, 4.69) is 10.3 Å². The monoisotopic (exact) mass is 152 g/mol. The summed E-state index contributed by atoms with van der Waals surface area (Å²) in [4.78, 5) is 4.00. The third kappa shape index (κ3) is 1.91. The van der Waals surface area contributed by atoms with Crippen LogP contribution in [0, 0.1) is 0 Å². The number of anilines is 1. The van der Waals surface area contributed by atoms with Gasteiger partial charge in [-0.25, -0.2) is 0 Å². The van der Waals surface area contributed by atoms with Gasteiger partial charge in [-0.1, -0.05) is 0 Å². The van der Waals surface area contributed by atoms with E-state index in [1.807, 2.05) is 19.1 Å². The number of hydrogen-bond acceptors (Lipinski definition) is 3. The van der Waals surface area contributed by atoms with Crippen LogP contribution in [0.5, 0.6) is 0 Å². The molecule has 3 heteroatoms. The van der Waals surface area contributed by atoms with Crippen LogP contribution in [0.1, 0.15) is 12.6 Å². The Labute approximate surface area is 66.1 Å². The van der Waals surface area contributed by atoms with E-state index in [-0.39, 0.29) is 6.61 Å². The Bertz CT molecular complexity index is 225. The molecule has 0 radical (unpaired) electrons. The number of aliphatic hydroxyl groups excluding tert-OH is 1. The van der Waals surface area contributed by atoms with Gasteiger partial charge in [-0.15, -0.1) is 0 Å². The Morgan fingerprint density at radius 2 is 2.45 bits per heavy atom. The summed E-state index contributed by atoms with van der Waals surface area (Å²) in [5.74, 6) is 0. The number of nitrogens with zero attached hydrogens (tertiary/aromatic N) is 1. The topological polar surface area (TPSA) is 45.2 Å². The highest BCUT2D eigenvalue weighted by atomic mass is 16.3. The van der Waals surface area contributed by atoms with Gasteiger partial charge in [0, 0.05) is 12.7 Å². The molecule has 1 aromatic rings. The molecule has 1 aromatic heterocycles. The van der Waals surface area contributed by atoms with Gasteiger partial charge in [-0.05, 0) is 19.1 Å². The summed E-state index contributed by atoms with van der Waals surface area (Å²) < 4.78 is 0. The van der Waals surface area contributed by atoms with Crippen molar-refractivity contribution in [2.45, 2.75) is 13.5 Å². The summed E-state index contributed by atoms with van der Waals surface area (Å²) in [6, 6.07) is 3.75. The van der Waals surface area contributed by atoms with Crippen molar-refractivity contribution in [2.75, 3.05) is 11.9 Å². The van der Waals surface area contributed by atoms with Crippen LogP contribution in [0.25, 0.3) is 0 Å². The standard InChI is InChI=1S/C8H12N2O/c1-2-9-7-4-3-5-10-8(7)6-11/h3-5,9,11H,2,6H2,1H3. The van der Waals surface area contributed by atoms with Crippen molar-refractivity contribution in [3.63, 3.8) is 0 Å². The molecular formula is C8H12N2O. The Morgan fingerprint density at radius 3 is 3.09 bits per heavy atom. The van der Waals surface area contributed by atoms with E-state index >= 15 is 0 Å². The maximum atomic E-state index is 8.84. The lowest BCUT2D eigenvalue weighted by molar-refractivity contribution is 0.277. The van der Waals surface area contributed by atoms with Crippen LogP contribution in [0.4, 0.5) is 5.69 Å². The van der Waals surface area contributed by atoms with Crippen LogP contribution in [0.3, 0.4) is 0 Å². The lowest BCUT2D eigenvalue weighted by Crippen LogP contribution is -2.01. The number of aromatic nitrogens is 1. The van der Waals surface area contributed by atoms with E-state index in [0.717, 1.165) is 12.2 Å². The van der Waals surface area contributed by atoms with E-state index in [0.29, 0.717) is 5.69 Å². The molecule has 1 heterocycles. The average molecular weight is 152 g/mol. The molecule has 2 N–H and O–H groups in total. The van der Waals surface area contributed by atoms with Gasteiger partial charge in [0.15, 0.2) is 0 Å². The van der Waals surface area contributed by atoms with E-state index in [1.165, 1.54) is 0 Å². The molecule has 0 amide bonds. The van der Waals surface area contributed by atoms with Crippen LogP contribution in [-0.4, -0.2) is 16.6 Å². The van der Waals surface area contributed by atoms with Gasteiger partial charge in [0.1, 0.15) is 0 Å². The highest BCUT2D eigenvalue weighted by molar-refractivity contribution is 5.46. The Kier molecular flexibility index (Phi) is 2.86. The summed E-state index contributed by atoms with van der Waals surface area (Å²) in [6.07, 6.45) is 1.67. The van der Waals surface area contributed by atoms with Crippen molar-refractivity contribution < 1.29 is 5.11 Å². The molecule has 0 fully saturated rings.